The van der Waals surface area contributed by atoms with Crippen molar-refractivity contribution >= 4 is 17.3 Å². The average molecular weight is 196 g/mol. The summed E-state index contributed by atoms with van der Waals surface area (Å²) in [6, 6.07) is 6.13. The van der Waals surface area contributed by atoms with Gasteiger partial charge in [0.1, 0.15) is 0 Å². The van der Waals surface area contributed by atoms with Gasteiger partial charge >= 0.3 is 0 Å². The fraction of sp³-hybridized carbons (Fsp3) is 0.455. The highest BCUT2D eigenvalue weighted by Gasteiger charge is 2.32. The maximum Gasteiger partial charge on any atom is 0.0426 e. The van der Waals surface area contributed by atoms with E-state index in [2.05, 4.69) is 25.2 Å². The summed E-state index contributed by atoms with van der Waals surface area (Å²) in [6.07, 6.45) is 1.16. The van der Waals surface area contributed by atoms with Crippen molar-refractivity contribution in [1.82, 2.24) is 0 Å². The van der Waals surface area contributed by atoms with Crippen molar-refractivity contribution in [3.8, 4) is 0 Å². The standard InChI is InChI=1S/C11H14ClN/c1-3-11(2)7-13-10-6-8(12)4-5-9(10)11/h4-6,13H,3,7H2,1-2H3. The smallest absolute Gasteiger partial charge is 0.0426 e. The van der Waals surface area contributed by atoms with Crippen LogP contribution in [0.4, 0.5) is 5.69 Å². The lowest BCUT2D eigenvalue weighted by Gasteiger charge is -2.21. The molecule has 0 bridgehead atoms. The molecular formula is C11H14ClN. The van der Waals surface area contributed by atoms with Crippen LogP contribution in [0.5, 0.6) is 0 Å². The number of hydrogen-bond donors (Lipinski definition) is 1. The minimum atomic E-state index is 0.292. The molecule has 0 saturated carbocycles. The molecule has 1 N–H and O–H groups in total. The van der Waals surface area contributed by atoms with Gasteiger partial charge in [-0.05, 0) is 24.1 Å². The van der Waals surface area contributed by atoms with E-state index >= 15 is 0 Å². The Morgan fingerprint density at radius 2 is 2.31 bits per heavy atom. The highest BCUT2D eigenvalue weighted by atomic mass is 35.5. The Morgan fingerprint density at radius 3 is 3.00 bits per heavy atom. The summed E-state index contributed by atoms with van der Waals surface area (Å²) in [5.41, 5.74) is 2.90. The minimum Gasteiger partial charge on any atom is -0.384 e. The number of hydrogen-bond acceptors (Lipinski definition) is 1. The van der Waals surface area contributed by atoms with E-state index in [1.54, 1.807) is 0 Å². The molecule has 70 valence electrons. The zero-order chi connectivity index (χ0) is 9.47. The van der Waals surface area contributed by atoms with Crippen molar-refractivity contribution in [1.29, 1.82) is 0 Å². The first-order chi connectivity index (χ1) is 6.15. The molecule has 2 rings (SSSR count). The van der Waals surface area contributed by atoms with Gasteiger partial charge in [-0.15, -0.1) is 0 Å². The lowest BCUT2D eigenvalue weighted by molar-refractivity contribution is 0.504. The van der Waals surface area contributed by atoms with Gasteiger partial charge in [0.25, 0.3) is 0 Å². The van der Waals surface area contributed by atoms with Gasteiger partial charge in [-0.3, -0.25) is 0 Å². The van der Waals surface area contributed by atoms with Crippen LogP contribution in [0, 0.1) is 0 Å². The highest BCUT2D eigenvalue weighted by Crippen LogP contribution is 2.39. The van der Waals surface area contributed by atoms with Crippen molar-refractivity contribution in [2.45, 2.75) is 25.7 Å². The van der Waals surface area contributed by atoms with Gasteiger partial charge in [0.05, 0.1) is 0 Å². The van der Waals surface area contributed by atoms with Crippen LogP contribution in [0.15, 0.2) is 18.2 Å². The van der Waals surface area contributed by atoms with Crippen molar-refractivity contribution in [2.24, 2.45) is 0 Å². The van der Waals surface area contributed by atoms with Gasteiger partial charge < -0.3 is 5.32 Å². The van der Waals surface area contributed by atoms with Crippen molar-refractivity contribution in [3.05, 3.63) is 28.8 Å². The van der Waals surface area contributed by atoms with E-state index < -0.39 is 0 Å². The molecule has 1 nitrogen and oxygen atoms in total. The fourth-order valence-corrected chi connectivity index (χ4v) is 2.06. The van der Waals surface area contributed by atoms with Gasteiger partial charge in [0, 0.05) is 22.7 Å². The molecule has 0 saturated heterocycles. The Labute approximate surface area is 84.1 Å². The molecule has 0 aromatic heterocycles. The maximum absolute atomic E-state index is 5.92. The first-order valence-corrected chi connectivity index (χ1v) is 5.07. The molecule has 0 radical (unpaired) electrons. The predicted molar refractivity (Wildman–Crippen MR) is 57.6 cm³/mol. The number of nitrogens with one attached hydrogen (secondary N) is 1. The molecule has 2 heteroatoms. The Morgan fingerprint density at radius 1 is 1.54 bits per heavy atom. The largest absolute Gasteiger partial charge is 0.384 e. The minimum absolute atomic E-state index is 0.292. The molecule has 1 aromatic carbocycles. The number of rotatable bonds is 1. The lowest BCUT2D eigenvalue weighted by Crippen LogP contribution is -2.22. The zero-order valence-electron chi connectivity index (χ0n) is 8.02. The Bertz CT molecular complexity index is 335. The van der Waals surface area contributed by atoms with Crippen LogP contribution in [-0.2, 0) is 5.41 Å². The predicted octanol–water partition coefficient (Wildman–Crippen LogP) is 3.43. The molecule has 1 aliphatic heterocycles. The van der Waals surface area contributed by atoms with E-state index in [4.69, 9.17) is 11.6 Å². The van der Waals surface area contributed by atoms with E-state index in [1.165, 1.54) is 11.3 Å². The van der Waals surface area contributed by atoms with E-state index in [0.29, 0.717) is 5.41 Å². The summed E-state index contributed by atoms with van der Waals surface area (Å²) >= 11 is 5.92. The molecule has 1 heterocycles. The van der Waals surface area contributed by atoms with E-state index in [9.17, 15) is 0 Å². The van der Waals surface area contributed by atoms with Gasteiger partial charge in [-0.2, -0.15) is 0 Å². The van der Waals surface area contributed by atoms with E-state index in [1.807, 2.05) is 12.1 Å². The third-order valence-electron chi connectivity index (χ3n) is 3.08. The number of halogens is 1. The Hall–Kier alpha value is -0.690. The summed E-state index contributed by atoms with van der Waals surface area (Å²) in [4.78, 5) is 0. The molecule has 0 amide bonds. The molecule has 1 unspecified atom stereocenters. The SMILES string of the molecule is CCC1(C)CNc2cc(Cl)ccc21. The third kappa shape index (κ3) is 1.31. The Balaban J connectivity index is 2.49. The highest BCUT2D eigenvalue weighted by molar-refractivity contribution is 6.30. The fourth-order valence-electron chi connectivity index (χ4n) is 1.89. The summed E-state index contributed by atoms with van der Waals surface area (Å²) in [5, 5.41) is 4.21. The van der Waals surface area contributed by atoms with Gasteiger partial charge in [-0.25, -0.2) is 0 Å². The normalized spacial score (nSPS) is 25.5. The Kier molecular flexibility index (Phi) is 1.99. The summed E-state index contributed by atoms with van der Waals surface area (Å²) in [5.74, 6) is 0. The second kappa shape index (κ2) is 2.91. The number of anilines is 1. The summed E-state index contributed by atoms with van der Waals surface area (Å²) in [6.45, 7) is 5.55. The van der Waals surface area contributed by atoms with Gasteiger partial charge in [0.2, 0.25) is 0 Å². The monoisotopic (exact) mass is 195 g/mol. The van der Waals surface area contributed by atoms with Crippen molar-refractivity contribution in [3.63, 3.8) is 0 Å². The van der Waals surface area contributed by atoms with Crippen LogP contribution in [0.1, 0.15) is 25.8 Å². The number of benzene rings is 1. The summed E-state index contributed by atoms with van der Waals surface area (Å²) < 4.78 is 0. The molecule has 1 aliphatic rings. The van der Waals surface area contributed by atoms with Crippen LogP contribution in [-0.4, -0.2) is 6.54 Å². The van der Waals surface area contributed by atoms with Crippen LogP contribution in [0.25, 0.3) is 0 Å². The maximum atomic E-state index is 5.92. The molecule has 13 heavy (non-hydrogen) atoms. The summed E-state index contributed by atoms with van der Waals surface area (Å²) in [7, 11) is 0. The lowest BCUT2D eigenvalue weighted by atomic mass is 9.82. The molecule has 1 aromatic rings. The van der Waals surface area contributed by atoms with E-state index in [-0.39, 0.29) is 0 Å². The molecule has 0 aliphatic carbocycles. The van der Waals surface area contributed by atoms with E-state index in [0.717, 1.165) is 18.0 Å². The van der Waals surface area contributed by atoms with Crippen LogP contribution in [0.3, 0.4) is 0 Å². The van der Waals surface area contributed by atoms with Crippen molar-refractivity contribution < 1.29 is 0 Å². The van der Waals surface area contributed by atoms with Gasteiger partial charge in [-0.1, -0.05) is 31.5 Å². The second-order valence-corrected chi connectivity index (χ2v) is 4.39. The third-order valence-corrected chi connectivity index (χ3v) is 3.32. The van der Waals surface area contributed by atoms with Gasteiger partial charge in [0.15, 0.2) is 0 Å². The molecule has 1 atom stereocenters. The average Bonchev–Trinajstić information content (AvgIpc) is 2.45. The first kappa shape index (κ1) is 8.89. The van der Waals surface area contributed by atoms with Crippen LogP contribution >= 0.6 is 11.6 Å². The molecule has 0 spiro atoms. The number of fused-ring (bicyclic) bond motifs is 1. The quantitative estimate of drug-likeness (QED) is 0.724. The van der Waals surface area contributed by atoms with Crippen LogP contribution < -0.4 is 5.32 Å². The molecule has 0 fully saturated rings. The topological polar surface area (TPSA) is 12.0 Å². The molecular weight excluding hydrogens is 182 g/mol. The second-order valence-electron chi connectivity index (χ2n) is 3.96. The van der Waals surface area contributed by atoms with Crippen LogP contribution in [0.2, 0.25) is 5.02 Å². The van der Waals surface area contributed by atoms with Crippen molar-refractivity contribution in [2.75, 3.05) is 11.9 Å². The first-order valence-electron chi connectivity index (χ1n) is 4.69. The zero-order valence-corrected chi connectivity index (χ0v) is 8.78.